The van der Waals surface area contributed by atoms with Gasteiger partial charge < -0.3 is 10.4 Å². The van der Waals surface area contributed by atoms with Crippen molar-refractivity contribution in [1.29, 1.82) is 0 Å². The van der Waals surface area contributed by atoms with E-state index in [0.717, 1.165) is 13.1 Å². The standard InChI is InChI=1S/C10H19N3O/c1-2-3-4-11-7-10-8-12-13(9-10)5-6-14/h8-9,11,14H,2-7H2,1H3. The molecule has 0 aromatic carbocycles. The molecule has 1 heterocycles. The van der Waals surface area contributed by atoms with Gasteiger partial charge in [0.1, 0.15) is 0 Å². The van der Waals surface area contributed by atoms with Crippen molar-refractivity contribution in [2.45, 2.75) is 32.9 Å². The second-order valence-corrected chi connectivity index (χ2v) is 3.37. The molecule has 0 aliphatic heterocycles. The maximum absolute atomic E-state index is 8.70. The van der Waals surface area contributed by atoms with E-state index in [1.54, 1.807) is 4.68 Å². The van der Waals surface area contributed by atoms with Gasteiger partial charge in [0.15, 0.2) is 0 Å². The number of aliphatic hydroxyl groups excluding tert-OH is 1. The monoisotopic (exact) mass is 197 g/mol. The Hall–Kier alpha value is -0.870. The molecule has 0 saturated heterocycles. The van der Waals surface area contributed by atoms with Crippen LogP contribution in [0.4, 0.5) is 0 Å². The average molecular weight is 197 g/mol. The lowest BCUT2D eigenvalue weighted by Gasteiger charge is -2.00. The van der Waals surface area contributed by atoms with Crippen LogP contribution in [-0.4, -0.2) is 28.0 Å². The molecule has 0 fully saturated rings. The molecule has 0 radical (unpaired) electrons. The summed E-state index contributed by atoms with van der Waals surface area (Å²) in [7, 11) is 0. The van der Waals surface area contributed by atoms with Gasteiger partial charge in [-0.05, 0) is 13.0 Å². The summed E-state index contributed by atoms with van der Waals surface area (Å²) in [5.41, 5.74) is 1.18. The van der Waals surface area contributed by atoms with Crippen molar-refractivity contribution in [2.75, 3.05) is 13.2 Å². The Morgan fingerprint density at radius 1 is 1.57 bits per heavy atom. The van der Waals surface area contributed by atoms with Gasteiger partial charge in [-0.2, -0.15) is 5.10 Å². The van der Waals surface area contributed by atoms with Gasteiger partial charge in [0.05, 0.1) is 19.3 Å². The summed E-state index contributed by atoms with van der Waals surface area (Å²) in [5.74, 6) is 0. The molecule has 1 rings (SSSR count). The fourth-order valence-electron chi connectivity index (χ4n) is 1.26. The summed E-state index contributed by atoms with van der Waals surface area (Å²) in [4.78, 5) is 0. The van der Waals surface area contributed by atoms with E-state index in [4.69, 9.17) is 5.11 Å². The van der Waals surface area contributed by atoms with Crippen molar-refractivity contribution in [1.82, 2.24) is 15.1 Å². The summed E-state index contributed by atoms with van der Waals surface area (Å²) >= 11 is 0. The molecule has 80 valence electrons. The quantitative estimate of drug-likeness (QED) is 0.635. The van der Waals surface area contributed by atoms with Crippen LogP contribution in [0, 0.1) is 0 Å². The van der Waals surface area contributed by atoms with Crippen LogP contribution >= 0.6 is 0 Å². The van der Waals surface area contributed by atoms with Gasteiger partial charge in [0.25, 0.3) is 0 Å². The molecule has 2 N–H and O–H groups in total. The Labute approximate surface area is 84.9 Å². The molecule has 0 spiro atoms. The van der Waals surface area contributed by atoms with Gasteiger partial charge in [-0.3, -0.25) is 4.68 Å². The van der Waals surface area contributed by atoms with Crippen LogP contribution in [0.2, 0.25) is 0 Å². The zero-order valence-corrected chi connectivity index (χ0v) is 8.74. The van der Waals surface area contributed by atoms with Crippen molar-refractivity contribution in [3.8, 4) is 0 Å². The van der Waals surface area contributed by atoms with Gasteiger partial charge in [-0.25, -0.2) is 0 Å². The van der Waals surface area contributed by atoms with Crippen LogP contribution in [0.15, 0.2) is 12.4 Å². The number of rotatable bonds is 7. The third kappa shape index (κ3) is 3.89. The van der Waals surface area contributed by atoms with Gasteiger partial charge >= 0.3 is 0 Å². The average Bonchev–Trinajstić information content (AvgIpc) is 2.61. The van der Waals surface area contributed by atoms with E-state index >= 15 is 0 Å². The Balaban J connectivity index is 2.22. The highest BCUT2D eigenvalue weighted by Gasteiger charge is 1.96. The van der Waals surface area contributed by atoms with Crippen LogP contribution in [0.1, 0.15) is 25.3 Å². The first kappa shape index (κ1) is 11.2. The van der Waals surface area contributed by atoms with E-state index in [1.165, 1.54) is 18.4 Å². The molecule has 0 saturated carbocycles. The van der Waals surface area contributed by atoms with Crippen molar-refractivity contribution in [3.63, 3.8) is 0 Å². The van der Waals surface area contributed by atoms with Crippen molar-refractivity contribution in [2.24, 2.45) is 0 Å². The van der Waals surface area contributed by atoms with E-state index in [2.05, 4.69) is 17.3 Å². The lowest BCUT2D eigenvalue weighted by atomic mass is 10.3. The second-order valence-electron chi connectivity index (χ2n) is 3.37. The Morgan fingerprint density at radius 3 is 3.14 bits per heavy atom. The maximum atomic E-state index is 8.70. The Morgan fingerprint density at radius 2 is 2.43 bits per heavy atom. The normalized spacial score (nSPS) is 10.7. The highest BCUT2D eigenvalue weighted by molar-refractivity contribution is 5.03. The van der Waals surface area contributed by atoms with E-state index < -0.39 is 0 Å². The van der Waals surface area contributed by atoms with Crippen LogP contribution < -0.4 is 5.32 Å². The van der Waals surface area contributed by atoms with E-state index in [-0.39, 0.29) is 6.61 Å². The summed E-state index contributed by atoms with van der Waals surface area (Å²) in [6.45, 7) is 4.83. The van der Waals surface area contributed by atoms with Gasteiger partial charge in [-0.15, -0.1) is 0 Å². The number of hydrogen-bond donors (Lipinski definition) is 2. The molecule has 14 heavy (non-hydrogen) atoms. The highest BCUT2D eigenvalue weighted by Crippen LogP contribution is 1.97. The largest absolute Gasteiger partial charge is 0.394 e. The lowest BCUT2D eigenvalue weighted by Crippen LogP contribution is -2.13. The predicted octanol–water partition coefficient (Wildman–Crippen LogP) is 0.765. The number of aliphatic hydroxyl groups is 1. The molecule has 0 atom stereocenters. The number of nitrogens with one attached hydrogen (secondary N) is 1. The summed E-state index contributed by atoms with van der Waals surface area (Å²) < 4.78 is 1.76. The molecule has 0 aliphatic carbocycles. The highest BCUT2D eigenvalue weighted by atomic mass is 16.3. The zero-order chi connectivity index (χ0) is 10.2. The molecule has 0 unspecified atom stereocenters. The van der Waals surface area contributed by atoms with E-state index in [0.29, 0.717) is 6.54 Å². The summed E-state index contributed by atoms with van der Waals surface area (Å²) in [6.07, 6.45) is 6.24. The number of nitrogens with zero attached hydrogens (tertiary/aromatic N) is 2. The van der Waals surface area contributed by atoms with Crippen molar-refractivity contribution < 1.29 is 5.11 Å². The minimum atomic E-state index is 0.143. The molecule has 0 amide bonds. The van der Waals surface area contributed by atoms with Gasteiger partial charge in [-0.1, -0.05) is 13.3 Å². The Bertz CT molecular complexity index is 247. The number of aromatic nitrogens is 2. The fraction of sp³-hybridized carbons (Fsp3) is 0.700. The first-order valence-electron chi connectivity index (χ1n) is 5.19. The molecule has 1 aromatic rings. The van der Waals surface area contributed by atoms with Crippen LogP contribution in [0.25, 0.3) is 0 Å². The first-order valence-corrected chi connectivity index (χ1v) is 5.19. The predicted molar refractivity (Wildman–Crippen MR) is 55.9 cm³/mol. The first-order chi connectivity index (χ1) is 6.86. The van der Waals surface area contributed by atoms with Crippen LogP contribution in [-0.2, 0) is 13.1 Å². The Kier molecular flexibility index (Phi) is 5.25. The summed E-state index contributed by atoms with van der Waals surface area (Å²) in [6, 6.07) is 0. The molecule has 4 heteroatoms. The molecular formula is C10H19N3O. The third-order valence-electron chi connectivity index (χ3n) is 2.05. The van der Waals surface area contributed by atoms with Gasteiger partial charge in [0, 0.05) is 18.3 Å². The van der Waals surface area contributed by atoms with Crippen LogP contribution in [0.5, 0.6) is 0 Å². The van der Waals surface area contributed by atoms with E-state index in [9.17, 15) is 0 Å². The molecule has 0 bridgehead atoms. The number of hydrogen-bond acceptors (Lipinski definition) is 3. The molecule has 1 aromatic heterocycles. The zero-order valence-electron chi connectivity index (χ0n) is 8.74. The minimum Gasteiger partial charge on any atom is -0.394 e. The summed E-state index contributed by atoms with van der Waals surface area (Å²) in [5, 5.41) is 16.2. The van der Waals surface area contributed by atoms with Crippen molar-refractivity contribution >= 4 is 0 Å². The SMILES string of the molecule is CCCCNCc1cnn(CCO)c1. The molecule has 4 nitrogen and oxygen atoms in total. The lowest BCUT2D eigenvalue weighted by molar-refractivity contribution is 0.269. The number of unbranched alkanes of at least 4 members (excludes halogenated alkanes) is 1. The maximum Gasteiger partial charge on any atom is 0.0640 e. The van der Waals surface area contributed by atoms with Gasteiger partial charge in [0.2, 0.25) is 0 Å². The van der Waals surface area contributed by atoms with Crippen molar-refractivity contribution in [3.05, 3.63) is 18.0 Å². The smallest absolute Gasteiger partial charge is 0.0640 e. The fourth-order valence-corrected chi connectivity index (χ4v) is 1.26. The minimum absolute atomic E-state index is 0.143. The van der Waals surface area contributed by atoms with E-state index in [1.807, 2.05) is 12.4 Å². The second kappa shape index (κ2) is 6.56. The topological polar surface area (TPSA) is 50.1 Å². The third-order valence-corrected chi connectivity index (χ3v) is 2.05. The molecular weight excluding hydrogens is 178 g/mol. The van der Waals surface area contributed by atoms with Crippen LogP contribution in [0.3, 0.4) is 0 Å². The molecule has 0 aliphatic rings.